The van der Waals surface area contributed by atoms with Gasteiger partial charge in [0.2, 0.25) is 0 Å². The summed E-state index contributed by atoms with van der Waals surface area (Å²) in [5.41, 5.74) is -0.0727. The summed E-state index contributed by atoms with van der Waals surface area (Å²) >= 11 is 1.26. The summed E-state index contributed by atoms with van der Waals surface area (Å²) in [6.45, 7) is 2.20. The number of nitrogens with one attached hydrogen (secondary N) is 1. The standard InChI is InChI=1S/C10H13F3N2OS/c1-9(2,10(11,12)13)3-4-14-8(16)7-5-17-6-15-7/h5-6H,3-4H2,1-2H3,(H,14,16). The zero-order valence-corrected chi connectivity index (χ0v) is 10.3. The molecule has 1 aromatic heterocycles. The Hall–Kier alpha value is -1.11. The van der Waals surface area contributed by atoms with Crippen molar-refractivity contribution in [3.8, 4) is 0 Å². The highest BCUT2D eigenvalue weighted by Gasteiger charge is 2.46. The Labute approximate surface area is 101 Å². The van der Waals surface area contributed by atoms with Crippen molar-refractivity contribution in [3.05, 3.63) is 16.6 Å². The molecule has 17 heavy (non-hydrogen) atoms. The molecule has 0 atom stereocenters. The van der Waals surface area contributed by atoms with E-state index in [0.29, 0.717) is 0 Å². The van der Waals surface area contributed by atoms with Gasteiger partial charge in [0.25, 0.3) is 5.91 Å². The van der Waals surface area contributed by atoms with E-state index in [1.807, 2.05) is 0 Å². The van der Waals surface area contributed by atoms with Gasteiger partial charge in [-0.3, -0.25) is 4.79 Å². The lowest BCUT2D eigenvalue weighted by Gasteiger charge is -2.27. The first-order valence-corrected chi connectivity index (χ1v) is 5.91. The van der Waals surface area contributed by atoms with Crippen LogP contribution in [0.15, 0.2) is 10.9 Å². The molecule has 3 nitrogen and oxygen atoms in total. The molecule has 96 valence electrons. The van der Waals surface area contributed by atoms with Gasteiger partial charge in [0, 0.05) is 11.9 Å². The number of nitrogens with zero attached hydrogens (tertiary/aromatic N) is 1. The van der Waals surface area contributed by atoms with Gasteiger partial charge in [-0.25, -0.2) is 4.98 Å². The molecular weight excluding hydrogens is 253 g/mol. The second-order valence-electron chi connectivity index (χ2n) is 4.26. The Balaban J connectivity index is 2.41. The van der Waals surface area contributed by atoms with Crippen molar-refractivity contribution in [3.63, 3.8) is 0 Å². The normalized spacial score (nSPS) is 12.5. The van der Waals surface area contributed by atoms with E-state index in [2.05, 4.69) is 10.3 Å². The van der Waals surface area contributed by atoms with E-state index in [4.69, 9.17) is 0 Å². The van der Waals surface area contributed by atoms with Gasteiger partial charge in [-0.05, 0) is 6.42 Å². The van der Waals surface area contributed by atoms with Gasteiger partial charge in [-0.2, -0.15) is 13.2 Å². The van der Waals surface area contributed by atoms with Crippen LogP contribution in [0.4, 0.5) is 13.2 Å². The summed E-state index contributed by atoms with van der Waals surface area (Å²) in [5.74, 6) is -0.441. The zero-order chi connectivity index (χ0) is 13.1. The summed E-state index contributed by atoms with van der Waals surface area (Å²) in [6, 6.07) is 0. The van der Waals surface area contributed by atoms with Crippen molar-refractivity contribution < 1.29 is 18.0 Å². The maximum absolute atomic E-state index is 12.5. The molecule has 0 radical (unpaired) electrons. The number of rotatable bonds is 4. The predicted octanol–water partition coefficient (Wildman–Crippen LogP) is 2.85. The molecule has 0 fully saturated rings. The van der Waals surface area contributed by atoms with Crippen LogP contribution >= 0.6 is 11.3 Å². The number of hydrogen-bond acceptors (Lipinski definition) is 3. The fraction of sp³-hybridized carbons (Fsp3) is 0.600. The average Bonchev–Trinajstić information content (AvgIpc) is 2.67. The number of aromatic nitrogens is 1. The molecule has 1 N–H and O–H groups in total. The van der Waals surface area contributed by atoms with Crippen LogP contribution in [0.1, 0.15) is 30.8 Å². The lowest BCUT2D eigenvalue weighted by Crippen LogP contribution is -2.36. The molecule has 0 spiro atoms. The van der Waals surface area contributed by atoms with Crippen molar-refractivity contribution >= 4 is 17.2 Å². The molecule has 0 saturated carbocycles. The molecule has 1 amide bonds. The number of carbonyl (C=O) groups is 1. The van der Waals surface area contributed by atoms with Gasteiger partial charge < -0.3 is 5.32 Å². The van der Waals surface area contributed by atoms with E-state index < -0.39 is 17.5 Å². The highest BCUT2D eigenvalue weighted by molar-refractivity contribution is 7.07. The first-order valence-electron chi connectivity index (χ1n) is 4.97. The molecule has 1 rings (SSSR count). The third-order valence-corrected chi connectivity index (χ3v) is 3.05. The monoisotopic (exact) mass is 266 g/mol. The van der Waals surface area contributed by atoms with Crippen molar-refractivity contribution in [2.75, 3.05) is 6.54 Å². The average molecular weight is 266 g/mol. The topological polar surface area (TPSA) is 42.0 Å². The van der Waals surface area contributed by atoms with Crippen LogP contribution < -0.4 is 5.32 Å². The van der Waals surface area contributed by atoms with Gasteiger partial charge in [-0.15, -0.1) is 11.3 Å². The van der Waals surface area contributed by atoms with Crippen molar-refractivity contribution in [1.29, 1.82) is 0 Å². The largest absolute Gasteiger partial charge is 0.394 e. The third kappa shape index (κ3) is 3.69. The minimum absolute atomic E-state index is 0.0249. The number of thiazole rings is 1. The second-order valence-corrected chi connectivity index (χ2v) is 4.98. The Kier molecular flexibility index (Phi) is 4.13. The van der Waals surface area contributed by atoms with E-state index in [1.54, 1.807) is 5.38 Å². The number of hydrogen-bond donors (Lipinski definition) is 1. The van der Waals surface area contributed by atoms with E-state index in [0.717, 1.165) is 13.8 Å². The second kappa shape index (κ2) is 5.03. The fourth-order valence-electron chi connectivity index (χ4n) is 1.05. The van der Waals surface area contributed by atoms with Crippen molar-refractivity contribution in [2.24, 2.45) is 5.41 Å². The summed E-state index contributed by atoms with van der Waals surface area (Å²) < 4.78 is 37.5. The van der Waals surface area contributed by atoms with Crippen LogP contribution in [0.2, 0.25) is 0 Å². The quantitative estimate of drug-likeness (QED) is 0.910. The smallest absolute Gasteiger partial charge is 0.351 e. The first kappa shape index (κ1) is 14.0. The summed E-state index contributed by atoms with van der Waals surface area (Å²) in [5, 5.41) is 3.96. The van der Waals surface area contributed by atoms with Crippen LogP contribution in [0, 0.1) is 5.41 Å². The number of amides is 1. The third-order valence-electron chi connectivity index (χ3n) is 2.47. The highest BCUT2D eigenvalue weighted by Crippen LogP contribution is 2.39. The molecule has 0 aromatic carbocycles. The lowest BCUT2D eigenvalue weighted by molar-refractivity contribution is -0.213. The van der Waals surface area contributed by atoms with Gasteiger partial charge in [0.1, 0.15) is 5.69 Å². The van der Waals surface area contributed by atoms with Crippen LogP contribution in [-0.2, 0) is 0 Å². The van der Waals surface area contributed by atoms with Gasteiger partial charge in [-0.1, -0.05) is 13.8 Å². The number of halogens is 3. The molecular formula is C10H13F3N2OS. The van der Waals surface area contributed by atoms with Crippen LogP contribution in [0.25, 0.3) is 0 Å². The molecule has 0 aliphatic heterocycles. The van der Waals surface area contributed by atoms with Crippen molar-refractivity contribution in [1.82, 2.24) is 10.3 Å². The molecule has 1 aromatic rings. The molecule has 0 aliphatic carbocycles. The molecule has 0 aliphatic rings. The lowest BCUT2D eigenvalue weighted by atomic mass is 9.88. The maximum Gasteiger partial charge on any atom is 0.394 e. The van der Waals surface area contributed by atoms with Crippen LogP contribution in [-0.4, -0.2) is 23.6 Å². The SMILES string of the molecule is CC(C)(CCNC(=O)c1cscn1)C(F)(F)F. The van der Waals surface area contributed by atoms with E-state index >= 15 is 0 Å². The molecule has 7 heteroatoms. The first-order chi connectivity index (χ1) is 7.74. The van der Waals surface area contributed by atoms with E-state index in [1.165, 1.54) is 16.8 Å². The maximum atomic E-state index is 12.5. The minimum Gasteiger partial charge on any atom is -0.351 e. The highest BCUT2D eigenvalue weighted by atomic mass is 32.1. The van der Waals surface area contributed by atoms with Crippen molar-refractivity contribution in [2.45, 2.75) is 26.4 Å². The van der Waals surface area contributed by atoms with E-state index in [-0.39, 0.29) is 18.7 Å². The summed E-state index contributed by atoms with van der Waals surface area (Å²) in [6.07, 6.45) is -4.43. The van der Waals surface area contributed by atoms with E-state index in [9.17, 15) is 18.0 Å². The van der Waals surface area contributed by atoms with Gasteiger partial charge in [0.15, 0.2) is 0 Å². The van der Waals surface area contributed by atoms with Gasteiger partial charge >= 0.3 is 6.18 Å². The Morgan fingerprint density at radius 2 is 2.12 bits per heavy atom. The molecule has 1 heterocycles. The molecule has 0 unspecified atom stereocenters. The Bertz CT molecular complexity index is 373. The Morgan fingerprint density at radius 1 is 1.47 bits per heavy atom. The van der Waals surface area contributed by atoms with Gasteiger partial charge in [0.05, 0.1) is 10.9 Å². The minimum atomic E-state index is -4.27. The zero-order valence-electron chi connectivity index (χ0n) is 9.47. The summed E-state index contributed by atoms with van der Waals surface area (Å²) in [7, 11) is 0. The van der Waals surface area contributed by atoms with Crippen LogP contribution in [0.5, 0.6) is 0 Å². The summed E-state index contributed by atoms with van der Waals surface area (Å²) in [4.78, 5) is 15.2. The molecule has 0 bridgehead atoms. The van der Waals surface area contributed by atoms with Crippen LogP contribution in [0.3, 0.4) is 0 Å². The number of carbonyl (C=O) groups excluding carboxylic acids is 1. The number of alkyl halides is 3. The Morgan fingerprint density at radius 3 is 2.59 bits per heavy atom. The predicted molar refractivity (Wildman–Crippen MR) is 58.9 cm³/mol. The fourth-order valence-corrected chi connectivity index (χ4v) is 1.58. The molecule has 0 saturated heterocycles.